The Morgan fingerprint density at radius 3 is 2.48 bits per heavy atom. The van der Waals surface area contributed by atoms with Gasteiger partial charge in [0.05, 0.1) is 30.5 Å². The molecule has 0 atom stereocenters. The van der Waals surface area contributed by atoms with Crippen LogP contribution in [-0.4, -0.2) is 37.5 Å². The maximum absolute atomic E-state index is 11.2. The number of anilines is 3. The van der Waals surface area contributed by atoms with Crippen molar-refractivity contribution >= 4 is 33.6 Å². The molecule has 40 heavy (non-hydrogen) atoms. The Bertz CT molecular complexity index is 1550. The van der Waals surface area contributed by atoms with Crippen molar-refractivity contribution < 1.29 is 17.9 Å². The summed E-state index contributed by atoms with van der Waals surface area (Å²) in [5.74, 6) is 1.73. The number of fused-ring (bicyclic) bond motifs is 1. The molecule has 1 aromatic heterocycles. The summed E-state index contributed by atoms with van der Waals surface area (Å²) < 4.78 is 36.8. The molecule has 208 valence electrons. The van der Waals surface area contributed by atoms with Crippen LogP contribution in [0.1, 0.15) is 40.8 Å². The fourth-order valence-corrected chi connectivity index (χ4v) is 5.48. The van der Waals surface area contributed by atoms with Crippen molar-refractivity contribution in [2.24, 2.45) is 5.14 Å². The molecule has 5 rings (SSSR count). The molecular weight excluding hydrogens is 530 g/mol. The van der Waals surface area contributed by atoms with E-state index in [2.05, 4.69) is 14.9 Å². The van der Waals surface area contributed by atoms with E-state index < -0.39 is 10.2 Å². The maximum atomic E-state index is 11.2. The van der Waals surface area contributed by atoms with Crippen molar-refractivity contribution in [3.05, 3.63) is 70.4 Å². The third-order valence-electron chi connectivity index (χ3n) is 6.89. The highest BCUT2D eigenvalue weighted by atomic mass is 32.2. The molecule has 0 saturated carbocycles. The summed E-state index contributed by atoms with van der Waals surface area (Å²) in [6.45, 7) is 6.40. The van der Waals surface area contributed by atoms with E-state index in [1.807, 2.05) is 44.2 Å². The lowest BCUT2D eigenvalue weighted by molar-refractivity contribution is 0.132. The third kappa shape index (κ3) is 6.51. The number of nitrogens with two attached hydrogens (primary N) is 1. The monoisotopic (exact) mass is 561 g/mol. The minimum Gasteiger partial charge on any atom is -0.438 e. The van der Waals surface area contributed by atoms with Gasteiger partial charge >= 0.3 is 0 Å². The topological polar surface area (TPSA) is 155 Å². The van der Waals surface area contributed by atoms with E-state index in [0.717, 1.165) is 65.3 Å². The number of aromatic nitrogens is 2. The molecule has 2 aliphatic heterocycles. The van der Waals surface area contributed by atoms with Gasteiger partial charge in [0.15, 0.2) is 0 Å². The van der Waals surface area contributed by atoms with E-state index in [-0.39, 0.29) is 6.04 Å². The molecule has 12 heteroatoms. The standard InChI is InChI=1S/C28H31N7O4S/c1-18-14-20(4-3-11-29)15-19(2)26(18)39-27-24-16-38-17-25(24)32-28(33-27)31-21-9-12-35(13-10-21)23-7-5-22(6-8-23)34-40(30,36)37/h3-8,14-15,21,34H,9-10,12-13,16-17H2,1-2H3,(H2,30,36,37)(H,31,32,33)/b4-3+. The van der Waals surface area contributed by atoms with Gasteiger partial charge in [0, 0.05) is 36.6 Å². The molecule has 1 fully saturated rings. The van der Waals surface area contributed by atoms with Crippen LogP contribution in [-0.2, 0) is 28.2 Å². The van der Waals surface area contributed by atoms with Gasteiger partial charge in [-0.1, -0.05) is 0 Å². The molecule has 2 aliphatic rings. The Balaban J connectivity index is 1.26. The number of benzene rings is 2. The summed E-state index contributed by atoms with van der Waals surface area (Å²) in [5.41, 5.74) is 5.94. The zero-order chi connectivity index (χ0) is 28.3. The number of nitriles is 1. The van der Waals surface area contributed by atoms with E-state index in [9.17, 15) is 8.42 Å². The van der Waals surface area contributed by atoms with Crippen molar-refractivity contribution in [3.8, 4) is 17.7 Å². The van der Waals surface area contributed by atoms with Gasteiger partial charge in [-0.05, 0) is 85.9 Å². The number of aryl methyl sites for hydroxylation is 2. The highest BCUT2D eigenvalue weighted by molar-refractivity contribution is 7.90. The van der Waals surface area contributed by atoms with Crippen LogP contribution in [0.3, 0.4) is 0 Å². The number of hydrogen-bond acceptors (Lipinski definition) is 9. The van der Waals surface area contributed by atoms with Crippen molar-refractivity contribution in [1.29, 1.82) is 5.26 Å². The van der Waals surface area contributed by atoms with Gasteiger partial charge < -0.3 is 19.7 Å². The number of piperidine rings is 1. The SMILES string of the molecule is Cc1cc(/C=C/C#N)cc(C)c1Oc1nc(NC2CCN(c3ccc(NS(N)(=O)=O)cc3)CC2)nc2c1COC2. The van der Waals surface area contributed by atoms with Crippen LogP contribution >= 0.6 is 0 Å². The van der Waals surface area contributed by atoms with Crippen LogP contribution in [0.5, 0.6) is 11.6 Å². The quantitative estimate of drug-likeness (QED) is 0.344. The van der Waals surface area contributed by atoms with Gasteiger partial charge in [0.2, 0.25) is 11.8 Å². The second-order valence-electron chi connectivity index (χ2n) is 9.92. The number of ether oxygens (including phenoxy) is 2. The molecule has 3 aromatic rings. The predicted molar refractivity (Wildman–Crippen MR) is 153 cm³/mol. The largest absolute Gasteiger partial charge is 0.438 e. The Morgan fingerprint density at radius 1 is 1.12 bits per heavy atom. The van der Waals surface area contributed by atoms with Crippen LogP contribution in [0.25, 0.3) is 6.08 Å². The lowest BCUT2D eigenvalue weighted by atomic mass is 10.0. The van der Waals surface area contributed by atoms with Gasteiger partial charge in [0.25, 0.3) is 10.2 Å². The maximum Gasteiger partial charge on any atom is 0.296 e. The van der Waals surface area contributed by atoms with E-state index in [0.29, 0.717) is 30.7 Å². The number of nitrogens with one attached hydrogen (secondary N) is 2. The molecule has 11 nitrogen and oxygen atoms in total. The molecule has 1 saturated heterocycles. The average molecular weight is 562 g/mol. The van der Waals surface area contributed by atoms with Crippen LogP contribution in [0.4, 0.5) is 17.3 Å². The van der Waals surface area contributed by atoms with Crippen molar-refractivity contribution in [3.63, 3.8) is 0 Å². The van der Waals surface area contributed by atoms with Crippen molar-refractivity contribution in [2.75, 3.05) is 28.0 Å². The Kier molecular flexibility index (Phi) is 7.88. The van der Waals surface area contributed by atoms with E-state index >= 15 is 0 Å². The minimum absolute atomic E-state index is 0.183. The lowest BCUT2D eigenvalue weighted by Crippen LogP contribution is -2.39. The Hall–Kier alpha value is -4.18. The zero-order valence-corrected chi connectivity index (χ0v) is 23.2. The van der Waals surface area contributed by atoms with Gasteiger partial charge in [-0.25, -0.2) is 10.1 Å². The van der Waals surface area contributed by atoms with Crippen LogP contribution in [0.2, 0.25) is 0 Å². The summed E-state index contributed by atoms with van der Waals surface area (Å²) in [4.78, 5) is 11.7. The van der Waals surface area contributed by atoms with Gasteiger partial charge in [0.1, 0.15) is 5.75 Å². The van der Waals surface area contributed by atoms with E-state index in [4.69, 9.17) is 29.8 Å². The highest BCUT2D eigenvalue weighted by Crippen LogP contribution is 2.35. The fourth-order valence-electron chi connectivity index (χ4n) is 5.01. The minimum atomic E-state index is -3.80. The van der Waals surface area contributed by atoms with Crippen molar-refractivity contribution in [2.45, 2.75) is 45.9 Å². The Morgan fingerprint density at radius 2 is 1.82 bits per heavy atom. The Labute approximate surface area is 233 Å². The summed E-state index contributed by atoms with van der Waals surface area (Å²) in [5, 5.41) is 17.4. The number of hydrogen-bond donors (Lipinski definition) is 3. The van der Waals surface area contributed by atoms with Crippen LogP contribution in [0.15, 0.2) is 42.5 Å². The molecule has 0 radical (unpaired) electrons. The molecule has 0 amide bonds. The van der Waals surface area contributed by atoms with Gasteiger partial charge in [-0.2, -0.15) is 18.7 Å². The summed E-state index contributed by atoms with van der Waals surface area (Å²) in [6.07, 6.45) is 4.98. The van der Waals surface area contributed by atoms with Gasteiger partial charge in [-0.3, -0.25) is 4.72 Å². The summed E-state index contributed by atoms with van der Waals surface area (Å²) >= 11 is 0. The molecule has 0 unspecified atom stereocenters. The molecule has 3 heterocycles. The smallest absolute Gasteiger partial charge is 0.296 e. The van der Waals surface area contributed by atoms with E-state index in [1.54, 1.807) is 18.2 Å². The first kappa shape index (κ1) is 27.4. The summed E-state index contributed by atoms with van der Waals surface area (Å²) in [7, 11) is -3.80. The number of rotatable bonds is 8. The van der Waals surface area contributed by atoms with Crippen LogP contribution < -0.4 is 24.8 Å². The highest BCUT2D eigenvalue weighted by Gasteiger charge is 2.25. The fraction of sp³-hybridized carbons (Fsp3) is 0.321. The second kappa shape index (κ2) is 11.5. The molecular formula is C28H31N7O4S. The zero-order valence-electron chi connectivity index (χ0n) is 22.3. The molecule has 2 aromatic carbocycles. The van der Waals surface area contributed by atoms with Crippen molar-refractivity contribution in [1.82, 2.24) is 9.97 Å². The first-order valence-corrected chi connectivity index (χ1v) is 14.5. The second-order valence-corrected chi connectivity index (χ2v) is 11.2. The molecule has 0 bridgehead atoms. The van der Waals surface area contributed by atoms with Gasteiger partial charge in [-0.15, -0.1) is 0 Å². The first-order chi connectivity index (χ1) is 19.2. The van der Waals surface area contributed by atoms with E-state index in [1.165, 1.54) is 6.08 Å². The molecule has 0 aliphatic carbocycles. The number of nitrogens with zero attached hydrogens (tertiary/aromatic N) is 4. The lowest BCUT2D eigenvalue weighted by Gasteiger charge is -2.34. The predicted octanol–water partition coefficient (Wildman–Crippen LogP) is 4.15. The normalized spacial score (nSPS) is 15.6. The summed E-state index contributed by atoms with van der Waals surface area (Å²) in [6, 6.07) is 13.3. The van der Waals surface area contributed by atoms with Crippen LogP contribution in [0, 0.1) is 25.2 Å². The average Bonchev–Trinajstić information content (AvgIpc) is 3.38. The third-order valence-corrected chi connectivity index (χ3v) is 7.41. The number of allylic oxidation sites excluding steroid dienone is 1. The molecule has 4 N–H and O–H groups in total. The molecule has 0 spiro atoms. The first-order valence-electron chi connectivity index (χ1n) is 12.9.